The summed E-state index contributed by atoms with van der Waals surface area (Å²) < 4.78 is 0. The summed E-state index contributed by atoms with van der Waals surface area (Å²) in [5, 5.41) is 2.87. The minimum atomic E-state index is -0.0420. The smallest absolute Gasteiger partial charge is 0.251 e. The van der Waals surface area contributed by atoms with Gasteiger partial charge in [-0.05, 0) is 43.5 Å². The van der Waals surface area contributed by atoms with Crippen molar-refractivity contribution >= 4 is 5.91 Å². The number of hydrogen-bond donors (Lipinski definition) is 2. The molecule has 0 heterocycles. The molecule has 3 heteroatoms. The maximum atomic E-state index is 11.9. The van der Waals surface area contributed by atoms with E-state index < -0.39 is 0 Å². The molecule has 1 rings (SSSR count). The second-order valence-electron chi connectivity index (χ2n) is 4.56. The van der Waals surface area contributed by atoms with E-state index in [1.54, 1.807) is 0 Å². The van der Waals surface area contributed by atoms with Crippen LogP contribution in [0.2, 0.25) is 0 Å². The number of nitrogens with two attached hydrogens (primary N) is 1. The summed E-state index contributed by atoms with van der Waals surface area (Å²) in [5.74, 6) is -0.0420. The van der Waals surface area contributed by atoms with Crippen LogP contribution in [0.1, 0.15) is 41.3 Å². The molecular weight excluding hydrogens is 212 g/mol. The molecule has 94 valence electrons. The Bertz CT molecular complexity index is 388. The van der Waals surface area contributed by atoms with Gasteiger partial charge in [-0.3, -0.25) is 4.79 Å². The van der Waals surface area contributed by atoms with E-state index >= 15 is 0 Å². The zero-order chi connectivity index (χ0) is 12.8. The van der Waals surface area contributed by atoms with Crippen LogP contribution in [-0.4, -0.2) is 18.5 Å². The average molecular weight is 234 g/mol. The first-order valence-electron chi connectivity index (χ1n) is 6.15. The molecule has 0 aliphatic rings. The van der Waals surface area contributed by atoms with Crippen molar-refractivity contribution in [3.63, 3.8) is 0 Å². The van der Waals surface area contributed by atoms with Crippen LogP contribution in [0.5, 0.6) is 0 Å². The molecule has 1 amide bonds. The molecule has 0 radical (unpaired) electrons. The SMILES string of the molecule is CCCC(N)CNC(=O)c1ccc(C)c(C)c1. The van der Waals surface area contributed by atoms with E-state index in [0.29, 0.717) is 12.1 Å². The summed E-state index contributed by atoms with van der Waals surface area (Å²) in [5.41, 5.74) is 8.89. The van der Waals surface area contributed by atoms with Crippen molar-refractivity contribution in [1.82, 2.24) is 5.32 Å². The van der Waals surface area contributed by atoms with Gasteiger partial charge in [-0.2, -0.15) is 0 Å². The average Bonchev–Trinajstić information content (AvgIpc) is 2.30. The summed E-state index contributed by atoms with van der Waals surface area (Å²) >= 11 is 0. The Kier molecular flexibility index (Phi) is 5.16. The Morgan fingerprint density at radius 1 is 1.35 bits per heavy atom. The highest BCUT2D eigenvalue weighted by Gasteiger charge is 2.08. The number of aryl methyl sites for hydroxylation is 2. The van der Waals surface area contributed by atoms with Gasteiger partial charge >= 0.3 is 0 Å². The number of nitrogens with one attached hydrogen (secondary N) is 1. The molecule has 0 fully saturated rings. The second-order valence-corrected chi connectivity index (χ2v) is 4.56. The Hall–Kier alpha value is -1.35. The normalized spacial score (nSPS) is 12.2. The Morgan fingerprint density at radius 2 is 2.06 bits per heavy atom. The molecule has 0 aromatic heterocycles. The Balaban J connectivity index is 2.55. The second kappa shape index (κ2) is 6.40. The highest BCUT2D eigenvalue weighted by molar-refractivity contribution is 5.94. The summed E-state index contributed by atoms with van der Waals surface area (Å²) in [6.45, 7) is 6.67. The van der Waals surface area contributed by atoms with Crippen molar-refractivity contribution in [2.75, 3.05) is 6.54 Å². The lowest BCUT2D eigenvalue weighted by Gasteiger charge is -2.12. The molecule has 3 nitrogen and oxygen atoms in total. The molecule has 0 saturated carbocycles. The van der Waals surface area contributed by atoms with E-state index in [2.05, 4.69) is 12.2 Å². The van der Waals surface area contributed by atoms with Gasteiger partial charge in [-0.25, -0.2) is 0 Å². The molecule has 17 heavy (non-hydrogen) atoms. The minimum absolute atomic E-state index is 0.0420. The first-order valence-corrected chi connectivity index (χ1v) is 6.15. The largest absolute Gasteiger partial charge is 0.350 e. The molecule has 0 aliphatic carbocycles. The van der Waals surface area contributed by atoms with Gasteiger partial charge in [-0.1, -0.05) is 19.4 Å². The van der Waals surface area contributed by atoms with Gasteiger partial charge in [-0.15, -0.1) is 0 Å². The van der Waals surface area contributed by atoms with E-state index in [1.807, 2.05) is 32.0 Å². The molecule has 1 atom stereocenters. The van der Waals surface area contributed by atoms with Gasteiger partial charge in [0.25, 0.3) is 5.91 Å². The van der Waals surface area contributed by atoms with Gasteiger partial charge < -0.3 is 11.1 Å². The van der Waals surface area contributed by atoms with Crippen molar-refractivity contribution < 1.29 is 4.79 Å². The topological polar surface area (TPSA) is 55.1 Å². The maximum absolute atomic E-state index is 11.9. The first-order chi connectivity index (χ1) is 8.04. The predicted octanol–water partition coefficient (Wildman–Crippen LogP) is 2.16. The van der Waals surface area contributed by atoms with Crippen LogP contribution in [0, 0.1) is 13.8 Å². The predicted molar refractivity (Wildman–Crippen MR) is 71.1 cm³/mol. The van der Waals surface area contributed by atoms with Gasteiger partial charge in [0.2, 0.25) is 0 Å². The molecule has 0 saturated heterocycles. The van der Waals surface area contributed by atoms with Crippen molar-refractivity contribution in [2.45, 2.75) is 39.7 Å². The van der Waals surface area contributed by atoms with Crippen molar-refractivity contribution in [2.24, 2.45) is 5.73 Å². The van der Waals surface area contributed by atoms with Crippen LogP contribution >= 0.6 is 0 Å². The monoisotopic (exact) mass is 234 g/mol. The number of amides is 1. The van der Waals surface area contributed by atoms with E-state index in [9.17, 15) is 4.79 Å². The molecule has 0 bridgehead atoms. The molecule has 0 spiro atoms. The van der Waals surface area contributed by atoms with Gasteiger partial charge in [0.15, 0.2) is 0 Å². The van der Waals surface area contributed by atoms with Crippen LogP contribution in [0.25, 0.3) is 0 Å². The van der Waals surface area contributed by atoms with Crippen LogP contribution < -0.4 is 11.1 Å². The van der Waals surface area contributed by atoms with E-state index in [-0.39, 0.29) is 11.9 Å². The lowest BCUT2D eigenvalue weighted by Crippen LogP contribution is -2.37. The van der Waals surface area contributed by atoms with Crippen LogP contribution in [0.3, 0.4) is 0 Å². The highest BCUT2D eigenvalue weighted by atomic mass is 16.1. The lowest BCUT2D eigenvalue weighted by molar-refractivity contribution is 0.0950. The third-order valence-corrected chi connectivity index (χ3v) is 2.95. The van der Waals surface area contributed by atoms with E-state index in [1.165, 1.54) is 5.56 Å². The third-order valence-electron chi connectivity index (χ3n) is 2.95. The van der Waals surface area contributed by atoms with Crippen LogP contribution in [-0.2, 0) is 0 Å². The molecule has 3 N–H and O–H groups in total. The summed E-state index contributed by atoms with van der Waals surface area (Å²) in [6.07, 6.45) is 1.98. The van der Waals surface area contributed by atoms with Gasteiger partial charge in [0.05, 0.1) is 0 Å². The standard InChI is InChI=1S/C14H22N2O/c1-4-5-13(15)9-16-14(17)12-7-6-10(2)11(3)8-12/h6-8,13H,4-5,9,15H2,1-3H3,(H,16,17). The third kappa shape index (κ3) is 4.19. The van der Waals surface area contributed by atoms with Crippen molar-refractivity contribution in [3.05, 3.63) is 34.9 Å². The number of carbonyl (C=O) groups excluding carboxylic acids is 1. The fourth-order valence-electron chi connectivity index (χ4n) is 1.68. The summed E-state index contributed by atoms with van der Waals surface area (Å²) in [7, 11) is 0. The minimum Gasteiger partial charge on any atom is -0.350 e. The van der Waals surface area contributed by atoms with E-state index in [0.717, 1.165) is 18.4 Å². The number of rotatable bonds is 5. The number of benzene rings is 1. The van der Waals surface area contributed by atoms with Crippen LogP contribution in [0.15, 0.2) is 18.2 Å². The van der Waals surface area contributed by atoms with Gasteiger partial charge in [0, 0.05) is 18.2 Å². The Morgan fingerprint density at radius 3 is 2.65 bits per heavy atom. The lowest BCUT2D eigenvalue weighted by atomic mass is 10.1. The zero-order valence-corrected chi connectivity index (χ0v) is 10.9. The van der Waals surface area contributed by atoms with Crippen LogP contribution in [0.4, 0.5) is 0 Å². The molecule has 1 aromatic rings. The molecular formula is C14H22N2O. The van der Waals surface area contributed by atoms with Gasteiger partial charge in [0.1, 0.15) is 0 Å². The maximum Gasteiger partial charge on any atom is 0.251 e. The molecule has 0 aliphatic heterocycles. The zero-order valence-electron chi connectivity index (χ0n) is 10.9. The first kappa shape index (κ1) is 13.7. The quantitative estimate of drug-likeness (QED) is 0.820. The molecule has 1 aromatic carbocycles. The molecule has 1 unspecified atom stereocenters. The van der Waals surface area contributed by atoms with Crippen molar-refractivity contribution in [3.8, 4) is 0 Å². The summed E-state index contributed by atoms with van der Waals surface area (Å²) in [4.78, 5) is 11.9. The number of carbonyl (C=O) groups is 1. The fraction of sp³-hybridized carbons (Fsp3) is 0.500. The number of hydrogen-bond acceptors (Lipinski definition) is 2. The van der Waals surface area contributed by atoms with Crippen molar-refractivity contribution in [1.29, 1.82) is 0 Å². The van der Waals surface area contributed by atoms with E-state index in [4.69, 9.17) is 5.73 Å². The fourth-order valence-corrected chi connectivity index (χ4v) is 1.68. The Labute approximate surface area is 103 Å². The summed E-state index contributed by atoms with van der Waals surface area (Å²) in [6, 6.07) is 5.78. The highest BCUT2D eigenvalue weighted by Crippen LogP contribution is 2.09.